The Morgan fingerprint density at radius 3 is 1.55 bits per heavy atom. The maximum atomic E-state index is 9.31. The molecule has 11 heavy (non-hydrogen) atoms. The Morgan fingerprint density at radius 2 is 1.45 bits per heavy atom. The van der Waals surface area contributed by atoms with Gasteiger partial charge in [0.15, 0.2) is 0 Å². The van der Waals surface area contributed by atoms with E-state index in [1.807, 2.05) is 18.2 Å². The molecule has 2 heterocycles. The van der Waals surface area contributed by atoms with Crippen molar-refractivity contribution in [3.8, 4) is 0 Å². The van der Waals surface area contributed by atoms with Crippen molar-refractivity contribution in [2.24, 2.45) is 0 Å². The molecule has 0 spiro atoms. The van der Waals surface area contributed by atoms with E-state index in [0.717, 1.165) is 0 Å². The van der Waals surface area contributed by atoms with Gasteiger partial charge in [0.05, 0.1) is 0 Å². The van der Waals surface area contributed by atoms with E-state index in [0.29, 0.717) is 0 Å². The summed E-state index contributed by atoms with van der Waals surface area (Å²) >= 11 is 0. The third-order valence-corrected chi connectivity index (χ3v) is 0.877. The first-order chi connectivity index (χ1) is 5.30. The summed E-state index contributed by atoms with van der Waals surface area (Å²) in [6.07, 6.45) is 3.50. The van der Waals surface area contributed by atoms with Gasteiger partial charge in [-0.3, -0.25) is 4.98 Å². The molecule has 4 heteroatoms. The average molecular weight is 151 g/mol. The van der Waals surface area contributed by atoms with Crippen molar-refractivity contribution >= 4 is 0 Å². The molecule has 0 aliphatic heterocycles. The largest absolute Gasteiger partial charge is 0.426 e. The molecule has 0 unspecified atom stereocenters. The molecule has 0 fully saturated rings. The van der Waals surface area contributed by atoms with Crippen molar-refractivity contribution in [2.45, 2.75) is 0 Å². The number of nitrogens with zero attached hydrogens (tertiary/aromatic N) is 1. The summed E-state index contributed by atoms with van der Waals surface area (Å²) < 4.78 is 3.64. The normalized spacial score (nSPS) is 8.73. The van der Waals surface area contributed by atoms with Gasteiger partial charge in [0.1, 0.15) is 0 Å². The molecule has 0 atom stereocenters. The number of hydrogen-bond acceptors (Lipinski definition) is 4. The van der Waals surface area contributed by atoms with Crippen LogP contribution >= 0.6 is 0 Å². The fourth-order valence-corrected chi connectivity index (χ4v) is 0.371. The number of rotatable bonds is 0. The minimum absolute atomic E-state index is 0.718. The Kier molecular flexibility index (Phi) is 2.32. The molecule has 2 rings (SSSR count). The molecule has 0 radical (unpaired) electrons. The van der Waals surface area contributed by atoms with E-state index >= 15 is 0 Å². The van der Waals surface area contributed by atoms with Crippen molar-refractivity contribution in [2.75, 3.05) is 0 Å². The molecule has 0 amide bonds. The highest BCUT2D eigenvalue weighted by atomic mass is 16.5. The van der Waals surface area contributed by atoms with Crippen LogP contribution in [-0.2, 0) is 0 Å². The van der Waals surface area contributed by atoms with Crippen LogP contribution in [0.1, 0.15) is 0 Å². The summed E-state index contributed by atoms with van der Waals surface area (Å²) in [7, 11) is 0. The van der Waals surface area contributed by atoms with Gasteiger partial charge in [0.2, 0.25) is 0 Å². The predicted octanol–water partition coefficient (Wildman–Crippen LogP) is -0.0428. The Bertz CT molecular complexity index is 310. The third kappa shape index (κ3) is 3.10. The minimum Gasteiger partial charge on any atom is -0.376 e. The molecule has 2 aromatic rings. The highest BCUT2D eigenvalue weighted by molar-refractivity contribution is 4.88. The van der Waals surface area contributed by atoms with Crippen LogP contribution in [-0.4, -0.2) is 4.98 Å². The standard InChI is InChI=1S/C5H5N.C2O3/c1-2-4-6-5-3-1;3-1-2(4)5-1/h1-5H;. The van der Waals surface area contributed by atoms with Gasteiger partial charge in [-0.25, -0.2) is 9.59 Å². The van der Waals surface area contributed by atoms with Crippen LogP contribution in [0.4, 0.5) is 0 Å². The monoisotopic (exact) mass is 151 g/mol. The van der Waals surface area contributed by atoms with Gasteiger partial charge in [-0.15, -0.1) is 0 Å². The van der Waals surface area contributed by atoms with Crippen LogP contribution in [0.5, 0.6) is 0 Å². The van der Waals surface area contributed by atoms with E-state index in [-0.39, 0.29) is 0 Å². The van der Waals surface area contributed by atoms with Crippen LogP contribution in [0.3, 0.4) is 0 Å². The SMILES string of the molecule is O=c1oc1=O.c1ccncc1. The minimum atomic E-state index is -0.718. The Labute approximate surface area is 61.8 Å². The van der Waals surface area contributed by atoms with Gasteiger partial charge in [0.25, 0.3) is 0 Å². The maximum absolute atomic E-state index is 9.31. The molecule has 4 nitrogen and oxygen atoms in total. The van der Waals surface area contributed by atoms with E-state index in [2.05, 4.69) is 9.40 Å². The summed E-state index contributed by atoms with van der Waals surface area (Å²) in [6.45, 7) is 0. The van der Waals surface area contributed by atoms with Gasteiger partial charge in [0, 0.05) is 12.4 Å². The van der Waals surface area contributed by atoms with Crippen LogP contribution in [0.2, 0.25) is 0 Å². The molecule has 0 saturated carbocycles. The van der Waals surface area contributed by atoms with Crippen molar-refractivity contribution in [1.29, 1.82) is 0 Å². The molecule has 0 aliphatic rings. The molecule has 0 bridgehead atoms. The Hall–Kier alpha value is -1.71. The lowest BCUT2D eigenvalue weighted by Gasteiger charge is -1.70. The van der Waals surface area contributed by atoms with E-state index in [9.17, 15) is 9.59 Å². The summed E-state index contributed by atoms with van der Waals surface area (Å²) in [5.74, 6) is 0. The van der Waals surface area contributed by atoms with E-state index in [4.69, 9.17) is 0 Å². The fourth-order valence-electron chi connectivity index (χ4n) is 0.371. The van der Waals surface area contributed by atoms with Gasteiger partial charge < -0.3 is 4.42 Å². The lowest BCUT2D eigenvalue weighted by Crippen LogP contribution is -1.88. The van der Waals surface area contributed by atoms with Gasteiger partial charge >= 0.3 is 11.3 Å². The van der Waals surface area contributed by atoms with E-state index in [1.165, 1.54) is 0 Å². The Balaban J connectivity index is 0.000000112. The first-order valence-electron chi connectivity index (χ1n) is 2.92. The van der Waals surface area contributed by atoms with Gasteiger partial charge in [-0.05, 0) is 12.1 Å². The van der Waals surface area contributed by atoms with E-state index in [1.54, 1.807) is 12.4 Å². The lowest BCUT2D eigenvalue weighted by atomic mass is 10.5. The van der Waals surface area contributed by atoms with Crippen LogP contribution in [0.25, 0.3) is 0 Å². The van der Waals surface area contributed by atoms with Gasteiger partial charge in [-0.1, -0.05) is 6.07 Å². The van der Waals surface area contributed by atoms with Crippen LogP contribution in [0, 0.1) is 0 Å². The lowest BCUT2D eigenvalue weighted by molar-refractivity contribution is 0.650. The quantitative estimate of drug-likeness (QED) is 0.495. The molecule has 0 saturated heterocycles. The zero-order chi connectivity index (χ0) is 8.10. The second kappa shape index (κ2) is 3.46. The first-order valence-corrected chi connectivity index (χ1v) is 2.92. The zero-order valence-electron chi connectivity index (χ0n) is 5.56. The number of hydrogen-bond donors (Lipinski definition) is 0. The fraction of sp³-hybridized carbons (Fsp3) is 0. The first kappa shape index (κ1) is 7.40. The average Bonchev–Trinajstić information content (AvgIpc) is 2.69. The van der Waals surface area contributed by atoms with Crippen LogP contribution < -0.4 is 11.3 Å². The Morgan fingerprint density at radius 1 is 1.00 bits per heavy atom. The highest BCUT2D eigenvalue weighted by Crippen LogP contribution is 1.73. The van der Waals surface area contributed by atoms with Gasteiger partial charge in [-0.2, -0.15) is 0 Å². The summed E-state index contributed by atoms with van der Waals surface area (Å²) in [5, 5.41) is 0. The second-order valence-corrected chi connectivity index (χ2v) is 1.70. The van der Waals surface area contributed by atoms with Crippen LogP contribution in [0.15, 0.2) is 44.6 Å². The molecule has 0 N–H and O–H groups in total. The van der Waals surface area contributed by atoms with Crippen molar-refractivity contribution in [1.82, 2.24) is 4.98 Å². The maximum Gasteiger partial charge on any atom is 0.426 e. The second-order valence-electron chi connectivity index (χ2n) is 1.70. The summed E-state index contributed by atoms with van der Waals surface area (Å²) in [5.41, 5.74) is -1.44. The molecule has 0 aliphatic carbocycles. The molecular weight excluding hydrogens is 146 g/mol. The molecule has 56 valence electrons. The molecule has 0 aromatic carbocycles. The van der Waals surface area contributed by atoms with E-state index < -0.39 is 11.3 Å². The molecular formula is C7H5NO3. The number of pyridine rings is 1. The number of aromatic nitrogens is 1. The van der Waals surface area contributed by atoms with Crippen molar-refractivity contribution in [3.63, 3.8) is 0 Å². The highest BCUT2D eigenvalue weighted by Gasteiger charge is 2.02. The summed E-state index contributed by atoms with van der Waals surface area (Å²) in [6, 6.07) is 5.72. The van der Waals surface area contributed by atoms with Crippen molar-refractivity contribution in [3.05, 3.63) is 51.4 Å². The predicted molar refractivity (Wildman–Crippen MR) is 37.9 cm³/mol. The summed E-state index contributed by atoms with van der Waals surface area (Å²) in [4.78, 5) is 22.4. The topological polar surface area (TPSA) is 60.2 Å². The smallest absolute Gasteiger partial charge is 0.376 e. The zero-order valence-corrected chi connectivity index (χ0v) is 5.56. The third-order valence-electron chi connectivity index (χ3n) is 0.877. The molecule has 2 aromatic heterocycles. The van der Waals surface area contributed by atoms with Crippen molar-refractivity contribution < 1.29 is 4.42 Å².